The molecule has 1 heterocycles. The lowest BCUT2D eigenvalue weighted by Gasteiger charge is -2.36. The quantitative estimate of drug-likeness (QED) is 0.452. The van der Waals surface area contributed by atoms with Gasteiger partial charge >= 0.3 is 0 Å². The summed E-state index contributed by atoms with van der Waals surface area (Å²) in [7, 11) is 1.54. The molecule has 0 bridgehead atoms. The average Bonchev–Trinajstić information content (AvgIpc) is 2.87. The van der Waals surface area contributed by atoms with E-state index in [2.05, 4.69) is 22.8 Å². The van der Waals surface area contributed by atoms with Crippen LogP contribution in [-0.4, -0.2) is 55.4 Å². The molecule has 7 nitrogen and oxygen atoms in total. The number of piperazine rings is 1. The van der Waals surface area contributed by atoms with Gasteiger partial charge in [0.2, 0.25) is 0 Å². The number of amides is 1. The van der Waals surface area contributed by atoms with E-state index in [1.165, 1.54) is 7.11 Å². The highest BCUT2D eigenvalue weighted by Gasteiger charge is 2.24. The van der Waals surface area contributed by atoms with E-state index in [1.807, 2.05) is 29.2 Å². The van der Waals surface area contributed by atoms with Gasteiger partial charge in [-0.3, -0.25) is 9.52 Å². The third kappa shape index (κ3) is 5.84. The van der Waals surface area contributed by atoms with Crippen molar-refractivity contribution in [2.24, 2.45) is 0 Å². The number of methoxy groups -OCH3 is 2. The highest BCUT2D eigenvalue weighted by atomic mass is 32.2. The Labute approximate surface area is 197 Å². The first-order chi connectivity index (χ1) is 16.0. The molecule has 0 radical (unpaired) electrons. The van der Waals surface area contributed by atoms with Crippen LogP contribution < -0.4 is 14.4 Å². The van der Waals surface area contributed by atoms with Crippen molar-refractivity contribution in [2.75, 3.05) is 45.3 Å². The lowest BCUT2D eigenvalue weighted by Crippen LogP contribution is -2.48. The molecule has 0 spiro atoms. The summed E-state index contributed by atoms with van der Waals surface area (Å²) in [6.45, 7) is 10.0. The molecule has 1 atom stereocenters. The molecular weight excluding hydrogens is 438 g/mol. The van der Waals surface area contributed by atoms with Crippen LogP contribution in [-0.2, 0) is 15.7 Å². The summed E-state index contributed by atoms with van der Waals surface area (Å²) >= 11 is 0. The molecule has 0 aromatic heterocycles. The van der Waals surface area contributed by atoms with Gasteiger partial charge in [0.15, 0.2) is 0 Å². The van der Waals surface area contributed by atoms with Gasteiger partial charge in [-0.05, 0) is 36.4 Å². The van der Waals surface area contributed by atoms with Gasteiger partial charge in [-0.15, -0.1) is 0 Å². The molecule has 1 amide bonds. The fourth-order valence-electron chi connectivity index (χ4n) is 3.54. The zero-order valence-electron chi connectivity index (χ0n) is 19.0. The maximum Gasteiger partial charge on any atom is 0.254 e. The van der Waals surface area contributed by atoms with Crippen LogP contribution in [0.2, 0.25) is 0 Å². The number of nitrogens with zero attached hydrogens (tertiary/aromatic N) is 2. The highest BCUT2D eigenvalue weighted by Crippen LogP contribution is 2.28. The summed E-state index contributed by atoms with van der Waals surface area (Å²) in [5.74, 6) is 1.07. The Hall–Kier alpha value is -3.52. The molecule has 0 saturated carbocycles. The number of carbonyl (C=O) groups is 1. The molecule has 1 aliphatic heterocycles. The van der Waals surface area contributed by atoms with E-state index in [0.29, 0.717) is 48.1 Å². The SMILES string of the molecule is C=C/C=C(/NS(=O)c1cccc(C(=O)N2CCN(c3ccccc3OC)CC2)c1)C(=C)OC. The third-order valence-corrected chi connectivity index (χ3v) is 6.41. The Morgan fingerprint density at radius 3 is 2.48 bits per heavy atom. The topological polar surface area (TPSA) is 71.1 Å². The molecule has 8 heteroatoms. The lowest BCUT2D eigenvalue weighted by molar-refractivity contribution is 0.0746. The van der Waals surface area contributed by atoms with Crippen LogP contribution in [0.1, 0.15) is 10.4 Å². The van der Waals surface area contributed by atoms with E-state index < -0.39 is 11.0 Å². The van der Waals surface area contributed by atoms with Crippen molar-refractivity contribution >= 4 is 22.6 Å². The van der Waals surface area contributed by atoms with Crippen molar-refractivity contribution in [1.29, 1.82) is 0 Å². The van der Waals surface area contributed by atoms with Crippen LogP contribution in [0.25, 0.3) is 0 Å². The second-order valence-electron chi connectivity index (χ2n) is 7.29. The Kier molecular flexibility index (Phi) is 8.32. The Morgan fingerprint density at radius 2 is 1.82 bits per heavy atom. The second-order valence-corrected chi connectivity index (χ2v) is 8.51. The smallest absolute Gasteiger partial charge is 0.254 e. The molecule has 1 saturated heterocycles. The zero-order valence-corrected chi connectivity index (χ0v) is 19.8. The molecule has 1 unspecified atom stereocenters. The molecular formula is C25H29N3O4S. The van der Waals surface area contributed by atoms with Gasteiger partial charge in [0.05, 0.1) is 30.5 Å². The Morgan fingerprint density at radius 1 is 1.09 bits per heavy atom. The minimum absolute atomic E-state index is 0.0864. The maximum atomic E-state index is 13.1. The number of nitrogens with one attached hydrogen (secondary N) is 1. The molecule has 1 aliphatic rings. The lowest BCUT2D eigenvalue weighted by atomic mass is 10.1. The molecule has 1 N–H and O–H groups in total. The summed E-state index contributed by atoms with van der Waals surface area (Å²) in [6.07, 6.45) is 3.17. The fraction of sp³-hybridized carbons (Fsp3) is 0.240. The van der Waals surface area contributed by atoms with Crippen molar-refractivity contribution in [2.45, 2.75) is 4.90 Å². The number of carbonyl (C=O) groups excluding carboxylic acids is 1. The van der Waals surface area contributed by atoms with E-state index in [0.717, 1.165) is 11.4 Å². The molecule has 1 fully saturated rings. The number of para-hydroxylation sites is 2. The predicted molar refractivity (Wildman–Crippen MR) is 132 cm³/mol. The van der Waals surface area contributed by atoms with Gasteiger partial charge in [0.1, 0.15) is 22.5 Å². The van der Waals surface area contributed by atoms with Crippen LogP contribution in [0, 0.1) is 0 Å². The number of ether oxygens (including phenoxy) is 2. The van der Waals surface area contributed by atoms with Crippen LogP contribution in [0.5, 0.6) is 5.75 Å². The van der Waals surface area contributed by atoms with E-state index in [-0.39, 0.29) is 5.91 Å². The number of hydrogen-bond acceptors (Lipinski definition) is 5. The number of allylic oxidation sites excluding steroid dienone is 2. The first-order valence-electron chi connectivity index (χ1n) is 10.5. The second kappa shape index (κ2) is 11.4. The first kappa shape index (κ1) is 24.1. The van der Waals surface area contributed by atoms with E-state index >= 15 is 0 Å². The van der Waals surface area contributed by atoms with Crippen LogP contribution in [0.15, 0.2) is 90.2 Å². The van der Waals surface area contributed by atoms with Gasteiger partial charge < -0.3 is 19.3 Å². The van der Waals surface area contributed by atoms with E-state index in [9.17, 15) is 9.00 Å². The first-order valence-corrected chi connectivity index (χ1v) is 11.6. The van der Waals surface area contributed by atoms with Crippen molar-refractivity contribution in [1.82, 2.24) is 9.62 Å². The van der Waals surface area contributed by atoms with Gasteiger partial charge in [-0.1, -0.05) is 37.4 Å². The molecule has 174 valence electrons. The molecule has 33 heavy (non-hydrogen) atoms. The number of hydrogen-bond donors (Lipinski definition) is 1. The molecule has 3 rings (SSSR count). The molecule has 2 aromatic carbocycles. The maximum absolute atomic E-state index is 13.1. The molecule has 2 aromatic rings. The van der Waals surface area contributed by atoms with E-state index in [1.54, 1.807) is 43.5 Å². The standard InChI is InChI=1S/C25H29N3O4S/c1-5-9-22(19(2)31-3)26-33(30)21-11-8-10-20(18-21)25(29)28-16-14-27(15-17-28)23-12-6-7-13-24(23)32-4/h5-13,18,26H,1-2,14-17H2,3-4H3/b22-9+. The minimum Gasteiger partial charge on any atom is -0.495 e. The van der Waals surface area contributed by atoms with Gasteiger partial charge in [0.25, 0.3) is 5.91 Å². The average molecular weight is 468 g/mol. The summed E-state index contributed by atoms with van der Waals surface area (Å²) < 4.78 is 26.3. The largest absolute Gasteiger partial charge is 0.495 e. The Bertz CT molecular complexity index is 1070. The third-order valence-electron chi connectivity index (χ3n) is 5.32. The predicted octanol–water partition coefficient (Wildman–Crippen LogP) is 3.50. The van der Waals surface area contributed by atoms with Crippen molar-refractivity contribution in [3.05, 3.63) is 90.9 Å². The highest BCUT2D eigenvalue weighted by molar-refractivity contribution is 7.83. The Balaban J connectivity index is 1.67. The number of anilines is 1. The zero-order chi connectivity index (χ0) is 23.8. The fourth-order valence-corrected chi connectivity index (χ4v) is 4.47. The van der Waals surface area contributed by atoms with Gasteiger partial charge in [-0.2, -0.15) is 0 Å². The summed E-state index contributed by atoms with van der Waals surface area (Å²) in [5, 5.41) is 0. The summed E-state index contributed by atoms with van der Waals surface area (Å²) in [4.78, 5) is 17.6. The minimum atomic E-state index is -1.60. The monoisotopic (exact) mass is 467 g/mol. The van der Waals surface area contributed by atoms with Crippen LogP contribution >= 0.6 is 0 Å². The van der Waals surface area contributed by atoms with Crippen molar-refractivity contribution in [3.63, 3.8) is 0 Å². The van der Waals surface area contributed by atoms with E-state index in [4.69, 9.17) is 9.47 Å². The van der Waals surface area contributed by atoms with Crippen molar-refractivity contribution in [3.8, 4) is 5.75 Å². The van der Waals surface area contributed by atoms with Crippen LogP contribution in [0.3, 0.4) is 0 Å². The summed E-state index contributed by atoms with van der Waals surface area (Å²) in [6, 6.07) is 14.7. The number of rotatable bonds is 9. The van der Waals surface area contributed by atoms with Gasteiger partial charge in [-0.25, -0.2) is 4.21 Å². The van der Waals surface area contributed by atoms with Crippen molar-refractivity contribution < 1.29 is 18.5 Å². The van der Waals surface area contributed by atoms with Crippen LogP contribution in [0.4, 0.5) is 5.69 Å². The van der Waals surface area contributed by atoms with Gasteiger partial charge in [0, 0.05) is 31.7 Å². The summed E-state index contributed by atoms with van der Waals surface area (Å²) in [5.41, 5.74) is 1.97. The number of benzene rings is 2. The normalized spacial score (nSPS) is 14.9. The molecule has 0 aliphatic carbocycles.